The van der Waals surface area contributed by atoms with Gasteiger partial charge in [0.15, 0.2) is 9.84 Å². The van der Waals surface area contributed by atoms with Crippen LogP contribution in [0.2, 0.25) is 0 Å². The van der Waals surface area contributed by atoms with Gasteiger partial charge in [0.2, 0.25) is 0 Å². The molecule has 2 rings (SSSR count). The Morgan fingerprint density at radius 3 is 2.75 bits per heavy atom. The first kappa shape index (κ1) is 14.5. The van der Waals surface area contributed by atoms with Crippen LogP contribution in [0.4, 0.5) is 4.39 Å². The van der Waals surface area contributed by atoms with Gasteiger partial charge in [0.05, 0.1) is 11.5 Å². The Hall–Kier alpha value is -1.89. The quantitative estimate of drug-likeness (QED) is 0.852. The third kappa shape index (κ3) is 4.06. The lowest BCUT2D eigenvalue weighted by atomic mass is 10.2. The minimum atomic E-state index is -3.07. The highest BCUT2D eigenvalue weighted by Crippen LogP contribution is 2.22. The van der Waals surface area contributed by atoms with Gasteiger partial charge in [-0.1, -0.05) is 0 Å². The van der Waals surface area contributed by atoms with E-state index >= 15 is 0 Å². The number of sulfone groups is 1. The van der Waals surface area contributed by atoms with Crippen molar-refractivity contribution in [2.75, 3.05) is 11.5 Å². The molecule has 0 bridgehead atoms. The van der Waals surface area contributed by atoms with Crippen LogP contribution < -0.4 is 4.74 Å². The molecule has 0 saturated carbocycles. The highest BCUT2D eigenvalue weighted by molar-refractivity contribution is 7.91. The van der Waals surface area contributed by atoms with Crippen LogP contribution in [0.15, 0.2) is 24.3 Å². The lowest BCUT2D eigenvalue weighted by Crippen LogP contribution is -2.17. The van der Waals surface area contributed by atoms with Crippen molar-refractivity contribution in [2.24, 2.45) is 0 Å². The van der Waals surface area contributed by atoms with Gasteiger partial charge in [-0.25, -0.2) is 17.6 Å². The number of carboxylic acids is 1. The van der Waals surface area contributed by atoms with Gasteiger partial charge in [0, 0.05) is 12.1 Å². The fraction of sp³-hybridized carbons (Fsp3) is 0.308. The number of hydrogen-bond acceptors (Lipinski definition) is 4. The zero-order valence-electron chi connectivity index (χ0n) is 10.5. The Morgan fingerprint density at radius 1 is 1.40 bits per heavy atom. The molecular weight excluding hydrogens is 287 g/mol. The minimum Gasteiger partial charge on any atom is -0.489 e. The average molecular weight is 300 g/mol. The molecule has 1 aromatic rings. The molecule has 1 heterocycles. The van der Waals surface area contributed by atoms with Gasteiger partial charge < -0.3 is 9.84 Å². The molecule has 20 heavy (non-hydrogen) atoms. The first-order valence-corrected chi connectivity index (χ1v) is 7.75. The van der Waals surface area contributed by atoms with Gasteiger partial charge in [-0.3, -0.25) is 0 Å². The smallest absolute Gasteiger partial charge is 0.328 e. The second-order valence-electron chi connectivity index (χ2n) is 4.53. The van der Waals surface area contributed by atoms with E-state index in [2.05, 4.69) is 0 Å². The highest BCUT2D eigenvalue weighted by atomic mass is 32.2. The van der Waals surface area contributed by atoms with Crippen molar-refractivity contribution >= 4 is 21.9 Å². The van der Waals surface area contributed by atoms with E-state index in [1.54, 1.807) is 0 Å². The van der Waals surface area contributed by atoms with Crippen molar-refractivity contribution in [1.29, 1.82) is 0 Å². The van der Waals surface area contributed by atoms with Gasteiger partial charge in [-0.2, -0.15) is 0 Å². The molecule has 1 atom stereocenters. The van der Waals surface area contributed by atoms with Crippen molar-refractivity contribution < 1.29 is 27.4 Å². The maximum Gasteiger partial charge on any atom is 0.328 e. The summed E-state index contributed by atoms with van der Waals surface area (Å²) in [4.78, 5) is 10.4. The monoisotopic (exact) mass is 300 g/mol. The molecule has 0 aromatic heterocycles. The van der Waals surface area contributed by atoms with E-state index in [1.165, 1.54) is 12.1 Å². The lowest BCUT2D eigenvalue weighted by molar-refractivity contribution is -0.131. The number of carbonyl (C=O) groups is 1. The van der Waals surface area contributed by atoms with E-state index in [-0.39, 0.29) is 17.3 Å². The molecule has 1 aliphatic rings. The second kappa shape index (κ2) is 5.62. The molecule has 1 fully saturated rings. The summed E-state index contributed by atoms with van der Waals surface area (Å²) in [5.74, 6) is -1.54. The summed E-state index contributed by atoms with van der Waals surface area (Å²) in [6, 6.07) is 3.77. The normalized spacial score (nSPS) is 21.1. The molecule has 7 heteroatoms. The predicted octanol–water partition coefficient (Wildman–Crippen LogP) is 1.49. The number of carboxylic acid groups (broad SMARTS) is 1. The standard InChI is InChI=1S/C13H13FO5S/c14-10-5-9(1-2-13(15)16)6-12(7-10)19-11-3-4-20(17,18)8-11/h1-2,5-7,11H,3-4,8H2,(H,15,16)/b2-1+. The van der Waals surface area contributed by atoms with Crippen molar-refractivity contribution in [3.8, 4) is 5.75 Å². The molecule has 5 nitrogen and oxygen atoms in total. The third-order valence-electron chi connectivity index (χ3n) is 2.81. The van der Waals surface area contributed by atoms with Crippen LogP contribution in [0, 0.1) is 5.82 Å². The van der Waals surface area contributed by atoms with E-state index in [0.29, 0.717) is 12.0 Å². The van der Waals surface area contributed by atoms with E-state index < -0.39 is 27.7 Å². The molecule has 1 aliphatic heterocycles. The van der Waals surface area contributed by atoms with Crippen molar-refractivity contribution in [3.63, 3.8) is 0 Å². The Bertz CT molecular complexity index is 651. The van der Waals surface area contributed by atoms with Crippen LogP contribution in [0.3, 0.4) is 0 Å². The maximum atomic E-state index is 13.4. The number of benzene rings is 1. The molecule has 0 aliphatic carbocycles. The van der Waals surface area contributed by atoms with Crippen LogP contribution in [0.5, 0.6) is 5.75 Å². The molecule has 108 valence electrons. The summed E-state index contributed by atoms with van der Waals surface area (Å²) in [6.45, 7) is 0. The van der Waals surface area contributed by atoms with Crippen molar-refractivity contribution in [2.45, 2.75) is 12.5 Å². The zero-order valence-corrected chi connectivity index (χ0v) is 11.3. The molecule has 0 amide bonds. The average Bonchev–Trinajstić information content (AvgIpc) is 2.65. The molecule has 1 aromatic carbocycles. The minimum absolute atomic E-state index is 0.0682. The summed E-state index contributed by atoms with van der Waals surface area (Å²) in [5, 5.41) is 8.52. The van der Waals surface area contributed by atoms with Gasteiger partial charge in [-0.05, 0) is 30.2 Å². The lowest BCUT2D eigenvalue weighted by Gasteiger charge is -2.12. The molecule has 1 saturated heterocycles. The Labute approximate surface area is 115 Å². The summed E-state index contributed by atoms with van der Waals surface area (Å²) in [5.41, 5.74) is 0.336. The van der Waals surface area contributed by atoms with Gasteiger partial charge in [0.25, 0.3) is 0 Å². The van der Waals surface area contributed by atoms with Gasteiger partial charge >= 0.3 is 5.97 Å². The fourth-order valence-electron chi connectivity index (χ4n) is 1.96. The maximum absolute atomic E-state index is 13.4. The molecule has 0 spiro atoms. The third-order valence-corrected chi connectivity index (χ3v) is 4.54. The SMILES string of the molecule is O=C(O)/C=C/c1cc(F)cc(OC2CCS(=O)(=O)C2)c1. The van der Waals surface area contributed by atoms with Crippen LogP contribution in [-0.4, -0.2) is 37.1 Å². The van der Waals surface area contributed by atoms with Crippen LogP contribution in [0.25, 0.3) is 6.08 Å². The van der Waals surface area contributed by atoms with Crippen molar-refractivity contribution in [3.05, 3.63) is 35.7 Å². The molecular formula is C13H13FO5S. The van der Waals surface area contributed by atoms with Crippen LogP contribution in [0.1, 0.15) is 12.0 Å². The van der Waals surface area contributed by atoms with E-state index in [1.807, 2.05) is 0 Å². The second-order valence-corrected chi connectivity index (χ2v) is 6.76. The number of rotatable bonds is 4. The Balaban J connectivity index is 2.14. The first-order chi connectivity index (χ1) is 9.34. The number of hydrogen-bond donors (Lipinski definition) is 1. The Morgan fingerprint density at radius 2 is 2.15 bits per heavy atom. The van der Waals surface area contributed by atoms with Crippen molar-refractivity contribution in [1.82, 2.24) is 0 Å². The van der Waals surface area contributed by atoms with Gasteiger partial charge in [0.1, 0.15) is 17.7 Å². The summed E-state index contributed by atoms with van der Waals surface area (Å²) in [7, 11) is -3.07. The Kier molecular flexibility index (Phi) is 4.08. The van der Waals surface area contributed by atoms with Gasteiger partial charge in [-0.15, -0.1) is 0 Å². The molecule has 0 radical (unpaired) electrons. The fourth-order valence-corrected chi connectivity index (χ4v) is 3.55. The summed E-state index contributed by atoms with van der Waals surface area (Å²) in [6.07, 6.45) is 2.01. The summed E-state index contributed by atoms with van der Waals surface area (Å²) >= 11 is 0. The van der Waals surface area contributed by atoms with E-state index in [9.17, 15) is 17.6 Å². The highest BCUT2D eigenvalue weighted by Gasteiger charge is 2.29. The largest absolute Gasteiger partial charge is 0.489 e. The molecule has 1 unspecified atom stereocenters. The van der Waals surface area contributed by atoms with E-state index in [0.717, 1.165) is 18.2 Å². The number of aliphatic carboxylic acids is 1. The molecule has 1 N–H and O–H groups in total. The predicted molar refractivity (Wildman–Crippen MR) is 70.8 cm³/mol. The van der Waals surface area contributed by atoms with E-state index in [4.69, 9.17) is 9.84 Å². The topological polar surface area (TPSA) is 80.7 Å². The van der Waals surface area contributed by atoms with Crippen LogP contribution >= 0.6 is 0 Å². The number of ether oxygens (including phenoxy) is 1. The number of halogens is 1. The zero-order chi connectivity index (χ0) is 14.8. The first-order valence-electron chi connectivity index (χ1n) is 5.93. The summed E-state index contributed by atoms with van der Waals surface area (Å²) < 4.78 is 41.5. The van der Waals surface area contributed by atoms with Crippen LogP contribution in [-0.2, 0) is 14.6 Å².